The van der Waals surface area contributed by atoms with Crippen LogP contribution in [-0.2, 0) is 18.9 Å². The Kier molecular flexibility index (Phi) is 3.05. The molecule has 0 atom stereocenters. The van der Waals surface area contributed by atoms with Crippen LogP contribution < -0.4 is 0 Å². The van der Waals surface area contributed by atoms with Gasteiger partial charge in [-0.15, -0.1) is 0 Å². The van der Waals surface area contributed by atoms with Crippen LogP contribution in [0.1, 0.15) is 17.3 Å². The second-order valence-corrected chi connectivity index (χ2v) is 5.30. The number of carbonyl (C=O) groups is 1. The summed E-state index contributed by atoms with van der Waals surface area (Å²) in [7, 11) is 0. The van der Waals surface area contributed by atoms with E-state index < -0.39 is 11.9 Å². The molecule has 0 amide bonds. The number of hydrogen-bond acceptors (Lipinski definition) is 5. The highest BCUT2D eigenvalue weighted by molar-refractivity contribution is 5.89. The first-order valence-electron chi connectivity index (χ1n) is 6.25. The van der Waals surface area contributed by atoms with Crippen molar-refractivity contribution in [2.75, 3.05) is 26.4 Å². The Hall–Kier alpha value is -1.43. The van der Waals surface area contributed by atoms with Gasteiger partial charge in [-0.3, -0.25) is 0 Å². The summed E-state index contributed by atoms with van der Waals surface area (Å²) in [6.07, 6.45) is 0. The van der Waals surface area contributed by atoms with E-state index in [0.29, 0.717) is 25.4 Å². The van der Waals surface area contributed by atoms with Gasteiger partial charge in [-0.2, -0.15) is 0 Å². The number of esters is 1. The lowest BCUT2D eigenvalue weighted by molar-refractivity contribution is -0.471. The Morgan fingerprint density at radius 2 is 1.74 bits per heavy atom. The van der Waals surface area contributed by atoms with Crippen LogP contribution in [0.5, 0.6) is 0 Å². The lowest BCUT2D eigenvalue weighted by Crippen LogP contribution is -2.61. The van der Waals surface area contributed by atoms with Crippen LogP contribution in [0.3, 0.4) is 0 Å². The average Bonchev–Trinajstić information content (AvgIpc) is 2.47. The molecule has 0 unspecified atom stereocenters. The van der Waals surface area contributed by atoms with Crippen LogP contribution in [0.15, 0.2) is 30.3 Å². The first-order valence-corrected chi connectivity index (χ1v) is 6.25. The summed E-state index contributed by atoms with van der Waals surface area (Å²) in [6, 6.07) is 8.80. The van der Waals surface area contributed by atoms with E-state index in [2.05, 4.69) is 0 Å². The largest absolute Gasteiger partial charge is 0.453 e. The summed E-state index contributed by atoms with van der Waals surface area (Å²) in [6.45, 7) is 3.63. The lowest BCUT2D eigenvalue weighted by atomic mass is 9.92. The molecule has 0 N–H and O–H groups in total. The van der Waals surface area contributed by atoms with Gasteiger partial charge in [0.1, 0.15) is 0 Å². The second-order valence-electron chi connectivity index (χ2n) is 5.30. The van der Waals surface area contributed by atoms with E-state index in [1.54, 1.807) is 24.3 Å². The molecule has 0 aliphatic carbocycles. The van der Waals surface area contributed by atoms with Crippen LogP contribution in [-0.4, -0.2) is 38.4 Å². The van der Waals surface area contributed by atoms with E-state index in [1.807, 2.05) is 13.0 Å². The zero-order valence-electron chi connectivity index (χ0n) is 10.8. The van der Waals surface area contributed by atoms with Crippen LogP contribution in [0, 0.1) is 5.41 Å². The molecule has 3 saturated heterocycles. The maximum absolute atomic E-state index is 11.8. The molecule has 5 nitrogen and oxygen atoms in total. The Bertz CT molecular complexity index is 445. The molecule has 1 aromatic carbocycles. The summed E-state index contributed by atoms with van der Waals surface area (Å²) in [5, 5.41) is 0. The second kappa shape index (κ2) is 4.59. The van der Waals surface area contributed by atoms with Gasteiger partial charge >= 0.3 is 11.9 Å². The molecule has 3 fully saturated rings. The van der Waals surface area contributed by atoms with Crippen molar-refractivity contribution in [3.05, 3.63) is 35.9 Å². The zero-order chi connectivity index (χ0) is 13.3. The molecule has 3 heterocycles. The van der Waals surface area contributed by atoms with Crippen LogP contribution >= 0.6 is 0 Å². The van der Waals surface area contributed by atoms with Gasteiger partial charge in [0.2, 0.25) is 0 Å². The molecule has 4 rings (SSSR count). The molecule has 3 aliphatic rings. The summed E-state index contributed by atoms with van der Waals surface area (Å²) in [4.78, 5) is 11.8. The van der Waals surface area contributed by atoms with E-state index in [4.69, 9.17) is 18.9 Å². The van der Waals surface area contributed by atoms with E-state index in [-0.39, 0.29) is 12.0 Å². The van der Waals surface area contributed by atoms with Gasteiger partial charge in [0.15, 0.2) is 6.61 Å². The third-order valence-electron chi connectivity index (χ3n) is 3.31. The smallest absolute Gasteiger partial charge is 0.338 e. The van der Waals surface area contributed by atoms with Crippen molar-refractivity contribution in [2.24, 2.45) is 5.41 Å². The summed E-state index contributed by atoms with van der Waals surface area (Å²) < 4.78 is 21.8. The van der Waals surface area contributed by atoms with Gasteiger partial charge in [0, 0.05) is 5.41 Å². The van der Waals surface area contributed by atoms with Crippen LogP contribution in [0.4, 0.5) is 0 Å². The van der Waals surface area contributed by atoms with Gasteiger partial charge in [0.05, 0.1) is 25.4 Å². The molecule has 19 heavy (non-hydrogen) atoms. The minimum Gasteiger partial charge on any atom is -0.453 e. The molecular formula is C14H16O5. The highest BCUT2D eigenvalue weighted by Crippen LogP contribution is 2.38. The predicted molar refractivity (Wildman–Crippen MR) is 65.4 cm³/mol. The molecular weight excluding hydrogens is 248 g/mol. The van der Waals surface area contributed by atoms with Gasteiger partial charge < -0.3 is 18.9 Å². The number of benzene rings is 1. The van der Waals surface area contributed by atoms with Gasteiger partial charge in [-0.1, -0.05) is 25.1 Å². The van der Waals surface area contributed by atoms with Crippen molar-refractivity contribution < 1.29 is 23.7 Å². The normalized spacial score (nSPS) is 33.1. The fourth-order valence-corrected chi connectivity index (χ4v) is 2.04. The Morgan fingerprint density at radius 3 is 2.32 bits per heavy atom. The van der Waals surface area contributed by atoms with Crippen LogP contribution in [0.25, 0.3) is 0 Å². The predicted octanol–water partition coefficient (Wildman–Crippen LogP) is 1.58. The quantitative estimate of drug-likeness (QED) is 0.776. The van der Waals surface area contributed by atoms with Crippen molar-refractivity contribution in [1.29, 1.82) is 0 Å². The lowest BCUT2D eigenvalue weighted by Gasteiger charge is -2.49. The Balaban J connectivity index is 1.60. The highest BCUT2D eigenvalue weighted by Gasteiger charge is 2.51. The standard InChI is InChI=1S/C14H16O5/c1-13-7-17-14(18-8-13,19-9-13)10-16-12(15)11-5-3-2-4-6-11/h2-6H,7-10H2,1H3. The molecule has 3 aliphatic heterocycles. The average molecular weight is 264 g/mol. The number of rotatable bonds is 3. The number of hydrogen-bond donors (Lipinski definition) is 0. The molecule has 0 spiro atoms. The van der Waals surface area contributed by atoms with Crippen molar-refractivity contribution >= 4 is 5.97 Å². The van der Waals surface area contributed by atoms with E-state index in [1.165, 1.54) is 0 Å². The maximum Gasteiger partial charge on any atom is 0.338 e. The third-order valence-corrected chi connectivity index (χ3v) is 3.31. The third kappa shape index (κ3) is 2.49. The topological polar surface area (TPSA) is 54.0 Å². The first kappa shape index (κ1) is 12.6. The highest BCUT2D eigenvalue weighted by atomic mass is 16.9. The Morgan fingerprint density at radius 1 is 1.16 bits per heavy atom. The Labute approximate surface area is 111 Å². The minimum absolute atomic E-state index is 0.0587. The number of ether oxygens (including phenoxy) is 4. The van der Waals surface area contributed by atoms with Gasteiger partial charge in [0.25, 0.3) is 0 Å². The number of fused-ring (bicyclic) bond motifs is 3. The molecule has 0 aromatic heterocycles. The maximum atomic E-state index is 11.8. The van der Waals surface area contributed by atoms with E-state index >= 15 is 0 Å². The summed E-state index contributed by atoms with van der Waals surface area (Å²) in [5.41, 5.74) is 0.404. The summed E-state index contributed by atoms with van der Waals surface area (Å²) in [5.74, 6) is -1.63. The zero-order valence-corrected chi connectivity index (χ0v) is 10.8. The van der Waals surface area contributed by atoms with Gasteiger partial charge in [-0.25, -0.2) is 4.79 Å². The van der Waals surface area contributed by atoms with Crippen LogP contribution in [0.2, 0.25) is 0 Å². The molecule has 102 valence electrons. The number of carbonyl (C=O) groups excluding carboxylic acids is 1. The molecule has 0 radical (unpaired) electrons. The van der Waals surface area contributed by atoms with Crippen molar-refractivity contribution in [2.45, 2.75) is 12.9 Å². The molecule has 0 saturated carbocycles. The van der Waals surface area contributed by atoms with Crippen molar-refractivity contribution in [1.82, 2.24) is 0 Å². The van der Waals surface area contributed by atoms with E-state index in [9.17, 15) is 4.79 Å². The van der Waals surface area contributed by atoms with Crippen molar-refractivity contribution in [3.63, 3.8) is 0 Å². The fourth-order valence-electron chi connectivity index (χ4n) is 2.04. The SMILES string of the molecule is CC12COC(COC(=O)c3ccccc3)(OC1)OC2. The van der Waals surface area contributed by atoms with E-state index in [0.717, 1.165) is 0 Å². The van der Waals surface area contributed by atoms with Gasteiger partial charge in [-0.05, 0) is 12.1 Å². The fraction of sp³-hybridized carbons (Fsp3) is 0.500. The molecule has 2 bridgehead atoms. The van der Waals surface area contributed by atoms with Crippen molar-refractivity contribution in [3.8, 4) is 0 Å². The molecule has 1 aromatic rings. The molecule has 5 heteroatoms. The minimum atomic E-state index is -1.22. The summed E-state index contributed by atoms with van der Waals surface area (Å²) >= 11 is 0. The monoisotopic (exact) mass is 264 g/mol. The first-order chi connectivity index (χ1) is 9.11.